The maximum atomic E-state index is 4.35. The Kier molecular flexibility index (Phi) is 2.39. The van der Waals surface area contributed by atoms with Gasteiger partial charge in [-0.25, -0.2) is 9.97 Å². The van der Waals surface area contributed by atoms with Crippen molar-refractivity contribution in [1.82, 2.24) is 19.9 Å². The molecule has 0 atom stereocenters. The fraction of sp³-hybridized carbons (Fsp3) is 0. The van der Waals surface area contributed by atoms with Crippen molar-refractivity contribution in [3.05, 3.63) is 61.2 Å². The molecule has 0 saturated carbocycles. The van der Waals surface area contributed by atoms with Gasteiger partial charge in [0.15, 0.2) is 0 Å². The second-order valence-corrected chi connectivity index (χ2v) is 4.58. The van der Waals surface area contributed by atoms with E-state index in [1.807, 2.05) is 24.5 Å². The van der Waals surface area contributed by atoms with Crippen molar-refractivity contribution in [2.45, 2.75) is 0 Å². The number of hydrogen-bond donors (Lipinski definition) is 2. The summed E-state index contributed by atoms with van der Waals surface area (Å²) in [5.74, 6) is 1.76. The molecule has 96 valence electrons. The standard InChI is InChI=1S/C16H12N4/c1-3-11-12(13(5-1)15-17-7-8-18-15)4-2-6-14(11)16-19-9-10-20-16/h1-10H,(H,17,18)(H,19,20). The summed E-state index contributed by atoms with van der Waals surface area (Å²) < 4.78 is 0. The highest BCUT2D eigenvalue weighted by molar-refractivity contribution is 6.02. The van der Waals surface area contributed by atoms with E-state index in [-0.39, 0.29) is 0 Å². The Labute approximate surface area is 115 Å². The second-order valence-electron chi connectivity index (χ2n) is 4.58. The number of rotatable bonds is 2. The van der Waals surface area contributed by atoms with Crippen LogP contribution in [0.15, 0.2) is 61.2 Å². The molecule has 4 nitrogen and oxygen atoms in total. The number of H-pyrrole nitrogens is 2. The Morgan fingerprint density at radius 2 is 1.15 bits per heavy atom. The first kappa shape index (κ1) is 11.0. The maximum Gasteiger partial charge on any atom is 0.137 e. The summed E-state index contributed by atoms with van der Waals surface area (Å²) in [5.41, 5.74) is 2.20. The first-order chi connectivity index (χ1) is 9.93. The van der Waals surface area contributed by atoms with Gasteiger partial charge in [-0.05, 0) is 10.8 Å². The smallest absolute Gasteiger partial charge is 0.137 e. The highest BCUT2D eigenvalue weighted by Crippen LogP contribution is 2.32. The topological polar surface area (TPSA) is 57.4 Å². The van der Waals surface area contributed by atoms with Gasteiger partial charge in [0.1, 0.15) is 11.6 Å². The summed E-state index contributed by atoms with van der Waals surface area (Å²) in [4.78, 5) is 15.0. The third-order valence-corrected chi connectivity index (χ3v) is 3.43. The van der Waals surface area contributed by atoms with Crippen molar-refractivity contribution in [2.24, 2.45) is 0 Å². The molecule has 2 aromatic heterocycles. The van der Waals surface area contributed by atoms with Gasteiger partial charge in [-0.1, -0.05) is 36.4 Å². The molecule has 0 spiro atoms. The van der Waals surface area contributed by atoms with Crippen LogP contribution in [0.5, 0.6) is 0 Å². The first-order valence-corrected chi connectivity index (χ1v) is 6.45. The zero-order valence-corrected chi connectivity index (χ0v) is 10.7. The van der Waals surface area contributed by atoms with E-state index >= 15 is 0 Å². The zero-order chi connectivity index (χ0) is 13.4. The molecule has 20 heavy (non-hydrogen) atoms. The molecule has 4 rings (SSSR count). The third-order valence-electron chi connectivity index (χ3n) is 3.43. The van der Waals surface area contributed by atoms with Gasteiger partial charge in [-0.2, -0.15) is 0 Å². The average molecular weight is 260 g/mol. The number of fused-ring (bicyclic) bond motifs is 1. The largest absolute Gasteiger partial charge is 0.345 e. The average Bonchev–Trinajstić information content (AvgIpc) is 3.19. The summed E-state index contributed by atoms with van der Waals surface area (Å²) in [6.07, 6.45) is 7.21. The molecule has 0 radical (unpaired) electrons. The van der Waals surface area contributed by atoms with Crippen molar-refractivity contribution in [3.63, 3.8) is 0 Å². The highest BCUT2D eigenvalue weighted by atomic mass is 14.9. The van der Waals surface area contributed by atoms with Gasteiger partial charge >= 0.3 is 0 Å². The summed E-state index contributed by atoms with van der Waals surface area (Å²) in [6.45, 7) is 0. The van der Waals surface area contributed by atoms with Gasteiger partial charge in [0.25, 0.3) is 0 Å². The molecule has 0 saturated heterocycles. The predicted octanol–water partition coefficient (Wildman–Crippen LogP) is 3.62. The maximum absolute atomic E-state index is 4.35. The number of nitrogens with one attached hydrogen (secondary N) is 2. The van der Waals surface area contributed by atoms with E-state index in [1.165, 1.54) is 0 Å². The lowest BCUT2D eigenvalue weighted by Crippen LogP contribution is -1.87. The predicted molar refractivity (Wildman–Crippen MR) is 79.1 cm³/mol. The van der Waals surface area contributed by atoms with Crippen LogP contribution in [0.2, 0.25) is 0 Å². The molecular weight excluding hydrogens is 248 g/mol. The number of nitrogens with zero attached hydrogens (tertiary/aromatic N) is 2. The monoisotopic (exact) mass is 260 g/mol. The van der Waals surface area contributed by atoms with Crippen molar-refractivity contribution >= 4 is 10.8 Å². The molecule has 0 aliphatic carbocycles. The van der Waals surface area contributed by atoms with E-state index in [1.54, 1.807) is 12.4 Å². The molecule has 0 bridgehead atoms. The highest BCUT2D eigenvalue weighted by Gasteiger charge is 2.10. The lowest BCUT2D eigenvalue weighted by Gasteiger charge is -2.07. The van der Waals surface area contributed by atoms with Gasteiger partial charge in [0, 0.05) is 35.9 Å². The number of imidazole rings is 2. The van der Waals surface area contributed by atoms with Gasteiger partial charge in [-0.15, -0.1) is 0 Å². The van der Waals surface area contributed by atoms with Crippen molar-refractivity contribution in [1.29, 1.82) is 0 Å². The molecule has 0 amide bonds. The third kappa shape index (κ3) is 1.62. The van der Waals surface area contributed by atoms with E-state index in [4.69, 9.17) is 0 Å². The van der Waals surface area contributed by atoms with E-state index < -0.39 is 0 Å². The molecule has 2 heterocycles. The fourth-order valence-corrected chi connectivity index (χ4v) is 2.55. The molecule has 0 aliphatic rings. The fourth-order valence-electron chi connectivity index (χ4n) is 2.55. The van der Waals surface area contributed by atoms with E-state index in [2.05, 4.69) is 44.2 Å². The van der Waals surface area contributed by atoms with Crippen LogP contribution >= 0.6 is 0 Å². The lowest BCUT2D eigenvalue weighted by molar-refractivity contribution is 1.31. The zero-order valence-electron chi connectivity index (χ0n) is 10.7. The summed E-state index contributed by atoms with van der Waals surface area (Å²) in [7, 11) is 0. The molecule has 0 fully saturated rings. The molecule has 0 aliphatic heterocycles. The second kappa shape index (κ2) is 4.35. The van der Waals surface area contributed by atoms with E-state index in [9.17, 15) is 0 Å². The minimum atomic E-state index is 0.882. The summed E-state index contributed by atoms with van der Waals surface area (Å²) >= 11 is 0. The molecule has 2 aromatic carbocycles. The van der Waals surface area contributed by atoms with Gasteiger partial charge in [0.05, 0.1) is 0 Å². The number of benzene rings is 2. The van der Waals surface area contributed by atoms with Crippen LogP contribution in [-0.4, -0.2) is 19.9 Å². The van der Waals surface area contributed by atoms with Crippen molar-refractivity contribution in [2.75, 3.05) is 0 Å². The van der Waals surface area contributed by atoms with Crippen molar-refractivity contribution in [3.8, 4) is 22.8 Å². The Morgan fingerprint density at radius 3 is 1.55 bits per heavy atom. The van der Waals surface area contributed by atoms with Crippen LogP contribution in [0.25, 0.3) is 33.5 Å². The lowest BCUT2D eigenvalue weighted by atomic mass is 9.99. The Hall–Kier alpha value is -2.88. The quantitative estimate of drug-likeness (QED) is 0.578. The van der Waals surface area contributed by atoms with Crippen LogP contribution in [0.1, 0.15) is 0 Å². The van der Waals surface area contributed by atoms with Gasteiger partial charge in [0.2, 0.25) is 0 Å². The number of aromatic nitrogens is 4. The Morgan fingerprint density at radius 1 is 0.650 bits per heavy atom. The molecule has 4 heteroatoms. The molecule has 4 aromatic rings. The minimum Gasteiger partial charge on any atom is -0.345 e. The van der Waals surface area contributed by atoms with Crippen LogP contribution in [-0.2, 0) is 0 Å². The molecule has 2 N–H and O–H groups in total. The summed E-state index contributed by atoms with van der Waals surface area (Å²) in [5, 5.41) is 2.33. The van der Waals surface area contributed by atoms with Crippen molar-refractivity contribution < 1.29 is 0 Å². The Balaban J connectivity index is 2.04. The van der Waals surface area contributed by atoms with Gasteiger partial charge < -0.3 is 9.97 Å². The van der Waals surface area contributed by atoms with Gasteiger partial charge in [-0.3, -0.25) is 0 Å². The van der Waals surface area contributed by atoms with Crippen LogP contribution in [0, 0.1) is 0 Å². The number of aromatic amines is 2. The normalized spacial score (nSPS) is 11.0. The first-order valence-electron chi connectivity index (χ1n) is 6.45. The van der Waals surface area contributed by atoms with E-state index in [0.29, 0.717) is 0 Å². The Bertz CT molecular complexity index is 772. The molecule has 0 unspecified atom stereocenters. The van der Waals surface area contributed by atoms with Crippen LogP contribution < -0.4 is 0 Å². The van der Waals surface area contributed by atoms with Crippen LogP contribution in [0.4, 0.5) is 0 Å². The van der Waals surface area contributed by atoms with Crippen LogP contribution in [0.3, 0.4) is 0 Å². The number of hydrogen-bond acceptors (Lipinski definition) is 2. The SMILES string of the molecule is c1cc(-c2ncc[nH]2)c2cccc(-c3ncc[nH]3)c2c1. The molecular formula is C16H12N4. The van der Waals surface area contributed by atoms with E-state index in [0.717, 1.165) is 33.5 Å². The minimum absolute atomic E-state index is 0.882. The summed E-state index contributed by atoms with van der Waals surface area (Å²) in [6, 6.07) is 12.5.